The maximum Gasteiger partial charge on any atom is 0.338 e. The Kier molecular flexibility index (Phi) is 7.67. The lowest BCUT2D eigenvalue weighted by molar-refractivity contribution is 0.0964. The summed E-state index contributed by atoms with van der Waals surface area (Å²) in [5.74, 6) is -0.732. The Labute approximate surface area is 163 Å². The molecule has 0 aliphatic carbocycles. The Balaban J connectivity index is 0.00000338. The molecule has 2 rings (SSSR count). The fraction of sp³-hybridized carbons (Fsp3) is 0.167. The molecule has 3 N–H and O–H groups in total. The van der Waals surface area contributed by atoms with E-state index in [2.05, 4.69) is 32.0 Å². The van der Waals surface area contributed by atoms with Gasteiger partial charge in [0.1, 0.15) is 0 Å². The third-order valence-electron chi connectivity index (χ3n) is 3.65. The Hall–Kier alpha value is -2.51. The first kappa shape index (κ1) is 21.5. The van der Waals surface area contributed by atoms with E-state index < -0.39 is 17.8 Å². The largest absolute Gasteiger partial charge is 0.366 e. The molecule has 2 aromatic carbocycles. The summed E-state index contributed by atoms with van der Waals surface area (Å²) in [5.41, 5.74) is 7.36. The van der Waals surface area contributed by atoms with E-state index in [1.165, 1.54) is 24.3 Å². The van der Waals surface area contributed by atoms with Crippen LogP contribution < -0.4 is 15.4 Å². The van der Waals surface area contributed by atoms with Crippen LogP contribution in [0.1, 0.15) is 46.0 Å². The van der Waals surface area contributed by atoms with E-state index in [9.17, 15) is 14.4 Å². The molecule has 0 saturated carbocycles. The average Bonchev–Trinajstić information content (AvgIpc) is 2.61. The first-order chi connectivity index (χ1) is 11.8. The second kappa shape index (κ2) is 9.26. The Morgan fingerprint density at radius 2 is 1.46 bits per heavy atom. The van der Waals surface area contributed by atoms with E-state index in [1.807, 2.05) is 12.1 Å². The zero-order valence-electron chi connectivity index (χ0n) is 14.3. The summed E-state index contributed by atoms with van der Waals surface area (Å²) in [6, 6.07) is 12.3. The molecule has 8 heteroatoms. The first-order valence-corrected chi connectivity index (χ1v) is 8.03. The number of carbonyl (C=O) groups is 3. The van der Waals surface area contributed by atoms with Crippen LogP contribution in [-0.4, -0.2) is 17.8 Å². The van der Waals surface area contributed by atoms with E-state index in [-0.39, 0.29) is 12.4 Å². The van der Waals surface area contributed by atoms with Crippen molar-refractivity contribution in [2.45, 2.75) is 19.8 Å². The van der Waals surface area contributed by atoms with Crippen molar-refractivity contribution in [1.29, 1.82) is 0 Å². The molecule has 0 atom stereocenters. The van der Waals surface area contributed by atoms with Crippen molar-refractivity contribution in [2.75, 3.05) is 4.31 Å². The van der Waals surface area contributed by atoms with Crippen LogP contribution in [0, 0.1) is 0 Å². The molecule has 26 heavy (non-hydrogen) atoms. The average molecular weight is 394 g/mol. The van der Waals surface area contributed by atoms with Crippen LogP contribution in [0.2, 0.25) is 0 Å². The summed E-state index contributed by atoms with van der Waals surface area (Å²) in [5, 5.41) is 2.26. The first-order valence-electron chi connectivity index (χ1n) is 7.63. The van der Waals surface area contributed by atoms with Crippen molar-refractivity contribution in [1.82, 2.24) is 5.32 Å². The fourth-order valence-electron chi connectivity index (χ4n) is 2.13. The van der Waals surface area contributed by atoms with E-state index in [4.69, 9.17) is 5.73 Å². The van der Waals surface area contributed by atoms with Crippen LogP contribution >= 0.6 is 25.2 Å². The van der Waals surface area contributed by atoms with Crippen molar-refractivity contribution in [3.8, 4) is 0 Å². The standard InChI is InChI=1S/C18H19N3O3S.ClH/c1-11(2)12-3-5-14(6-4-12)17(23)20-18(24)21(25)15-9-7-13(8-10-15)16(19)22;/h3-11,25H,1-2H3,(H2,19,22)(H,20,23,24);1H. The highest BCUT2D eigenvalue weighted by atomic mass is 35.5. The van der Waals surface area contributed by atoms with Gasteiger partial charge < -0.3 is 5.73 Å². The lowest BCUT2D eigenvalue weighted by Gasteiger charge is -2.16. The number of benzene rings is 2. The maximum absolute atomic E-state index is 12.2. The van der Waals surface area contributed by atoms with Gasteiger partial charge in [0, 0.05) is 11.1 Å². The van der Waals surface area contributed by atoms with Gasteiger partial charge in [-0.1, -0.05) is 38.8 Å². The highest BCUT2D eigenvalue weighted by Gasteiger charge is 2.17. The SMILES string of the molecule is CC(C)c1ccc(C(=O)NC(=O)N(S)c2ccc(C(N)=O)cc2)cc1.Cl. The highest BCUT2D eigenvalue weighted by Crippen LogP contribution is 2.18. The quantitative estimate of drug-likeness (QED) is 0.693. The number of anilines is 1. The normalized spacial score (nSPS) is 10.0. The molecule has 0 fully saturated rings. The molecule has 0 aliphatic rings. The van der Waals surface area contributed by atoms with Crippen molar-refractivity contribution < 1.29 is 14.4 Å². The van der Waals surface area contributed by atoms with Gasteiger partial charge >= 0.3 is 6.03 Å². The molecule has 138 valence electrons. The smallest absolute Gasteiger partial charge is 0.338 e. The molecule has 0 spiro atoms. The summed E-state index contributed by atoms with van der Waals surface area (Å²) >= 11 is 4.08. The molecule has 0 aromatic heterocycles. The van der Waals surface area contributed by atoms with Gasteiger partial charge in [0.15, 0.2) is 0 Å². The number of imide groups is 1. The summed E-state index contributed by atoms with van der Waals surface area (Å²) in [4.78, 5) is 35.4. The number of halogens is 1. The van der Waals surface area contributed by atoms with E-state index in [0.29, 0.717) is 22.7 Å². The van der Waals surface area contributed by atoms with Gasteiger partial charge in [-0.05, 0) is 47.9 Å². The van der Waals surface area contributed by atoms with Gasteiger partial charge in [0.05, 0.1) is 5.69 Å². The van der Waals surface area contributed by atoms with Gasteiger partial charge in [0.25, 0.3) is 5.91 Å². The van der Waals surface area contributed by atoms with Crippen molar-refractivity contribution in [3.05, 3.63) is 65.2 Å². The molecule has 0 heterocycles. The van der Waals surface area contributed by atoms with Crippen molar-refractivity contribution in [2.24, 2.45) is 5.73 Å². The van der Waals surface area contributed by atoms with Gasteiger partial charge in [-0.2, -0.15) is 0 Å². The van der Waals surface area contributed by atoms with E-state index in [0.717, 1.165) is 9.87 Å². The minimum Gasteiger partial charge on any atom is -0.366 e. The second-order valence-corrected chi connectivity index (χ2v) is 6.16. The second-order valence-electron chi connectivity index (χ2n) is 5.76. The monoisotopic (exact) mass is 393 g/mol. The molecule has 0 aliphatic heterocycles. The van der Waals surface area contributed by atoms with Crippen LogP contribution in [0.25, 0.3) is 0 Å². The zero-order valence-corrected chi connectivity index (χ0v) is 16.0. The van der Waals surface area contributed by atoms with E-state index >= 15 is 0 Å². The fourth-order valence-corrected chi connectivity index (χ4v) is 2.31. The highest BCUT2D eigenvalue weighted by molar-refractivity contribution is 7.82. The predicted octanol–water partition coefficient (Wildman–Crippen LogP) is 3.53. The van der Waals surface area contributed by atoms with Gasteiger partial charge in [-0.25, -0.2) is 9.10 Å². The summed E-state index contributed by atoms with van der Waals surface area (Å²) in [6.07, 6.45) is 0. The lowest BCUT2D eigenvalue weighted by atomic mass is 10.0. The minimum atomic E-state index is -0.701. The number of carbonyl (C=O) groups excluding carboxylic acids is 3. The Bertz CT molecular complexity index is 792. The lowest BCUT2D eigenvalue weighted by Crippen LogP contribution is -2.38. The van der Waals surface area contributed by atoms with Crippen LogP contribution in [-0.2, 0) is 0 Å². The summed E-state index contributed by atoms with van der Waals surface area (Å²) in [6.45, 7) is 4.11. The number of rotatable bonds is 4. The number of hydrogen-bond donors (Lipinski definition) is 3. The van der Waals surface area contributed by atoms with Gasteiger partial charge in [-0.15, -0.1) is 12.4 Å². The zero-order chi connectivity index (χ0) is 18.6. The van der Waals surface area contributed by atoms with Crippen LogP contribution in [0.4, 0.5) is 10.5 Å². The number of urea groups is 1. The molecule has 0 bridgehead atoms. The molecule has 0 saturated heterocycles. The van der Waals surface area contributed by atoms with Crippen LogP contribution in [0.15, 0.2) is 48.5 Å². The van der Waals surface area contributed by atoms with Gasteiger partial charge in [0.2, 0.25) is 5.91 Å². The topological polar surface area (TPSA) is 92.5 Å². The third-order valence-corrected chi connectivity index (χ3v) is 4.06. The number of nitrogens with zero attached hydrogens (tertiary/aromatic N) is 1. The number of nitrogens with one attached hydrogen (secondary N) is 1. The molecule has 2 aromatic rings. The van der Waals surface area contributed by atoms with Crippen molar-refractivity contribution in [3.63, 3.8) is 0 Å². The van der Waals surface area contributed by atoms with E-state index in [1.54, 1.807) is 12.1 Å². The summed E-state index contributed by atoms with van der Waals surface area (Å²) < 4.78 is 0.977. The molecule has 0 unspecified atom stereocenters. The molecular weight excluding hydrogens is 374 g/mol. The number of primary amides is 1. The molecule has 6 nitrogen and oxygen atoms in total. The number of hydrogen-bond acceptors (Lipinski definition) is 4. The number of nitrogens with two attached hydrogens (primary N) is 1. The Morgan fingerprint density at radius 1 is 0.962 bits per heavy atom. The molecule has 4 amide bonds. The minimum absolute atomic E-state index is 0. The van der Waals surface area contributed by atoms with Crippen LogP contribution in [0.3, 0.4) is 0 Å². The predicted molar refractivity (Wildman–Crippen MR) is 107 cm³/mol. The molecular formula is C18H20ClN3O3S. The van der Waals surface area contributed by atoms with Crippen LogP contribution in [0.5, 0.6) is 0 Å². The number of thiol groups is 1. The van der Waals surface area contributed by atoms with Crippen molar-refractivity contribution >= 4 is 48.8 Å². The number of amides is 4. The van der Waals surface area contributed by atoms with Gasteiger partial charge in [-0.3, -0.25) is 14.9 Å². The Morgan fingerprint density at radius 3 is 1.92 bits per heavy atom. The third kappa shape index (κ3) is 5.24. The summed E-state index contributed by atoms with van der Waals surface area (Å²) in [7, 11) is 0. The molecule has 0 radical (unpaired) electrons. The maximum atomic E-state index is 12.2.